The van der Waals surface area contributed by atoms with Crippen molar-refractivity contribution in [3.63, 3.8) is 0 Å². The number of carbonyl (C=O) groups excluding carboxylic acids is 3. The lowest BCUT2D eigenvalue weighted by Gasteiger charge is -2.38. The van der Waals surface area contributed by atoms with E-state index >= 15 is 0 Å². The lowest BCUT2D eigenvalue weighted by atomic mass is 9.88. The summed E-state index contributed by atoms with van der Waals surface area (Å²) in [5, 5.41) is 0.508. The molecule has 1 unspecified atom stereocenters. The van der Waals surface area contributed by atoms with Crippen molar-refractivity contribution >= 4 is 57.9 Å². The van der Waals surface area contributed by atoms with Gasteiger partial charge in [0.25, 0.3) is 0 Å². The number of methoxy groups -OCH3 is 1. The molecule has 1 atom stereocenters. The zero-order chi connectivity index (χ0) is 32.0. The number of aliphatic imine (C=N–C) groups is 1. The van der Waals surface area contributed by atoms with Crippen molar-refractivity contribution in [1.82, 2.24) is 14.7 Å². The van der Waals surface area contributed by atoms with Gasteiger partial charge in [-0.2, -0.15) is 0 Å². The summed E-state index contributed by atoms with van der Waals surface area (Å²) in [7, 11) is 5.24. The summed E-state index contributed by atoms with van der Waals surface area (Å²) in [6.45, 7) is 4.39. The molecular formula is C34H35ClN4O5S. The third kappa shape index (κ3) is 5.69. The van der Waals surface area contributed by atoms with Gasteiger partial charge in [0, 0.05) is 68.1 Å². The predicted molar refractivity (Wildman–Crippen MR) is 176 cm³/mol. The van der Waals surface area contributed by atoms with Gasteiger partial charge in [0.2, 0.25) is 0 Å². The molecule has 0 bridgehead atoms. The van der Waals surface area contributed by atoms with Gasteiger partial charge in [-0.25, -0.2) is 19.4 Å². The van der Waals surface area contributed by atoms with Crippen LogP contribution >= 0.6 is 22.9 Å². The van der Waals surface area contributed by atoms with Crippen LogP contribution in [0.25, 0.3) is 11.3 Å². The van der Waals surface area contributed by atoms with Crippen molar-refractivity contribution in [2.45, 2.75) is 58.0 Å². The second-order valence-electron chi connectivity index (χ2n) is 11.8. The van der Waals surface area contributed by atoms with Gasteiger partial charge >= 0.3 is 5.97 Å². The van der Waals surface area contributed by atoms with Gasteiger partial charge in [-0.1, -0.05) is 11.6 Å². The molecular weight excluding hydrogens is 612 g/mol. The van der Waals surface area contributed by atoms with Crippen molar-refractivity contribution < 1.29 is 23.9 Å². The molecule has 1 fully saturated rings. The van der Waals surface area contributed by atoms with E-state index in [0.717, 1.165) is 51.7 Å². The van der Waals surface area contributed by atoms with E-state index in [9.17, 15) is 14.4 Å². The van der Waals surface area contributed by atoms with E-state index in [0.29, 0.717) is 51.8 Å². The van der Waals surface area contributed by atoms with Crippen molar-refractivity contribution in [3.05, 3.63) is 72.8 Å². The minimum Gasteiger partial charge on any atom is -0.491 e. The van der Waals surface area contributed by atoms with E-state index in [-0.39, 0.29) is 12.3 Å². The molecule has 234 valence electrons. The third-order valence-electron chi connectivity index (χ3n) is 9.07. The Kier molecular flexibility index (Phi) is 8.61. The van der Waals surface area contributed by atoms with E-state index in [1.54, 1.807) is 24.1 Å². The first-order chi connectivity index (χ1) is 21.7. The molecule has 4 aliphatic rings. The van der Waals surface area contributed by atoms with Crippen LogP contribution in [0.4, 0.5) is 0 Å². The molecule has 45 heavy (non-hydrogen) atoms. The summed E-state index contributed by atoms with van der Waals surface area (Å²) in [4.78, 5) is 49.5. The molecule has 1 aromatic carbocycles. The fraction of sp³-hybridized carbons (Fsp3) is 0.412. The van der Waals surface area contributed by atoms with Gasteiger partial charge in [0.1, 0.15) is 29.6 Å². The molecule has 1 aromatic heterocycles. The molecule has 0 amide bonds. The molecule has 2 aliphatic heterocycles. The standard InChI is InChI=1S/C34H35ClN4O5S/c1-19-31(34(42)43-5)32-29(18-41)37(3)16-26(33(32)45-19)24-14-21(35)6-11-30(24)44-13-12-39-20(2)36-27-10-9-23(38(4)22-7-8-22)15-25(27)28(39)17-40/h6,11,14,16,22-23H,7-10,12-13,15H2,1-5H3. The number of hydrogen-bond donors (Lipinski definition) is 0. The first-order valence-corrected chi connectivity index (χ1v) is 16.2. The van der Waals surface area contributed by atoms with E-state index in [2.05, 4.69) is 17.9 Å². The van der Waals surface area contributed by atoms with Crippen LogP contribution in [0.2, 0.25) is 5.02 Å². The molecule has 9 nitrogen and oxygen atoms in total. The van der Waals surface area contributed by atoms with Crippen LogP contribution < -0.4 is 4.74 Å². The highest BCUT2D eigenvalue weighted by atomic mass is 35.5. The van der Waals surface area contributed by atoms with Crippen molar-refractivity contribution in [2.24, 2.45) is 4.99 Å². The number of amidine groups is 1. The van der Waals surface area contributed by atoms with E-state index in [1.165, 1.54) is 31.3 Å². The molecule has 0 spiro atoms. The van der Waals surface area contributed by atoms with E-state index in [1.807, 2.05) is 37.0 Å². The molecule has 2 aliphatic carbocycles. The highest BCUT2D eigenvalue weighted by molar-refractivity contribution is 7.14. The number of fused-ring (bicyclic) bond motifs is 1. The average molecular weight is 647 g/mol. The number of aryl methyl sites for hydroxylation is 1. The summed E-state index contributed by atoms with van der Waals surface area (Å²) in [6, 6.07) is 6.41. The van der Waals surface area contributed by atoms with Gasteiger partial charge < -0.3 is 24.2 Å². The number of benzene rings is 1. The molecule has 2 aromatic rings. The first kappa shape index (κ1) is 31.1. The number of thiophene rings is 1. The molecule has 3 heterocycles. The topological polar surface area (TPSA) is 91.8 Å². The number of ether oxygens (including phenoxy) is 2. The molecule has 11 heteroatoms. The highest BCUT2D eigenvalue weighted by Crippen LogP contribution is 2.46. The Balaban J connectivity index is 1.26. The van der Waals surface area contributed by atoms with Crippen LogP contribution in [0.1, 0.15) is 70.3 Å². The van der Waals surface area contributed by atoms with E-state index < -0.39 is 5.97 Å². The van der Waals surface area contributed by atoms with Gasteiger partial charge in [-0.05, 0) is 71.2 Å². The van der Waals surface area contributed by atoms with Gasteiger partial charge in [0.05, 0.1) is 19.2 Å². The fourth-order valence-electron chi connectivity index (χ4n) is 6.57. The highest BCUT2D eigenvalue weighted by Gasteiger charge is 2.37. The SMILES string of the molecule is COC(=O)c1c(C)sc2c1C(=C=O)N(C)C=C2c1cc(Cl)ccc1OCCN1C(=C=O)C2=C(CCC(N(C)C3CC3)C2)N=C1C. The molecule has 0 saturated heterocycles. The van der Waals surface area contributed by atoms with Crippen LogP contribution in [0, 0.1) is 6.92 Å². The number of hydrogen-bond acceptors (Lipinski definition) is 10. The quantitative estimate of drug-likeness (QED) is 0.265. The third-order valence-corrected chi connectivity index (χ3v) is 10.4. The number of nitrogens with zero attached hydrogens (tertiary/aromatic N) is 4. The Bertz CT molecular complexity index is 1770. The van der Waals surface area contributed by atoms with Crippen molar-refractivity contribution in [3.8, 4) is 5.75 Å². The van der Waals surface area contributed by atoms with Crippen LogP contribution in [-0.4, -0.2) is 84.8 Å². The summed E-state index contributed by atoms with van der Waals surface area (Å²) in [6.07, 6.45) is 6.98. The zero-order valence-corrected chi connectivity index (χ0v) is 27.6. The number of allylic oxidation sites excluding steroid dienone is 2. The smallest absolute Gasteiger partial charge is 0.339 e. The van der Waals surface area contributed by atoms with Crippen LogP contribution in [-0.2, 0) is 14.3 Å². The Morgan fingerprint density at radius 3 is 2.60 bits per heavy atom. The molecule has 0 N–H and O–H groups in total. The maximum absolute atomic E-state index is 12.7. The van der Waals surface area contributed by atoms with E-state index in [4.69, 9.17) is 26.1 Å². The largest absolute Gasteiger partial charge is 0.491 e. The van der Waals surface area contributed by atoms with Crippen molar-refractivity contribution in [1.29, 1.82) is 0 Å². The lowest BCUT2D eigenvalue weighted by Crippen LogP contribution is -2.41. The Hall–Kier alpha value is -3.91. The summed E-state index contributed by atoms with van der Waals surface area (Å²) < 4.78 is 11.4. The normalized spacial score (nSPS) is 19.5. The van der Waals surface area contributed by atoms with Crippen LogP contribution in [0.5, 0.6) is 5.75 Å². The monoisotopic (exact) mass is 646 g/mol. The summed E-state index contributed by atoms with van der Waals surface area (Å²) in [5.41, 5.74) is 5.05. The van der Waals surface area contributed by atoms with Gasteiger partial charge in [-0.15, -0.1) is 11.3 Å². The predicted octanol–water partition coefficient (Wildman–Crippen LogP) is 5.73. The van der Waals surface area contributed by atoms with Gasteiger partial charge in [-0.3, -0.25) is 0 Å². The number of carbonyl (C=O) groups is 1. The van der Waals surface area contributed by atoms with Crippen molar-refractivity contribution in [2.75, 3.05) is 34.4 Å². The minimum absolute atomic E-state index is 0.248. The zero-order valence-electron chi connectivity index (χ0n) is 26.0. The maximum Gasteiger partial charge on any atom is 0.339 e. The molecule has 6 rings (SSSR count). The summed E-state index contributed by atoms with van der Waals surface area (Å²) >= 11 is 7.88. The fourth-order valence-corrected chi connectivity index (χ4v) is 7.91. The Morgan fingerprint density at radius 1 is 1.16 bits per heavy atom. The number of rotatable bonds is 8. The Morgan fingerprint density at radius 2 is 1.91 bits per heavy atom. The number of halogens is 1. The average Bonchev–Trinajstić information content (AvgIpc) is 3.82. The minimum atomic E-state index is -0.519. The second kappa shape index (κ2) is 12.5. The second-order valence-corrected chi connectivity index (χ2v) is 13.5. The first-order valence-electron chi connectivity index (χ1n) is 15.0. The molecule has 1 saturated carbocycles. The molecule has 0 radical (unpaired) electrons. The Labute approximate surface area is 271 Å². The number of esters is 1. The van der Waals surface area contributed by atoms with Gasteiger partial charge in [0.15, 0.2) is 11.9 Å². The summed E-state index contributed by atoms with van der Waals surface area (Å²) in [5.74, 6) is 5.03. The van der Waals surface area contributed by atoms with Crippen LogP contribution in [0.15, 0.2) is 46.4 Å². The maximum atomic E-state index is 12.7. The lowest BCUT2D eigenvalue weighted by molar-refractivity contribution is 0.0600. The van der Waals surface area contributed by atoms with Crippen LogP contribution in [0.3, 0.4) is 0 Å².